The van der Waals surface area contributed by atoms with Crippen molar-refractivity contribution in [3.05, 3.63) is 21.2 Å². The Morgan fingerprint density at radius 2 is 2.50 bits per heavy atom. The van der Waals surface area contributed by atoms with Gasteiger partial charge in [-0.05, 0) is 15.9 Å². The van der Waals surface area contributed by atoms with Gasteiger partial charge < -0.3 is 9.72 Å². The second kappa shape index (κ2) is 5.16. The minimum absolute atomic E-state index is 0.131. The number of thioether (sulfide) groups is 1. The quantitative estimate of drug-likeness (QED) is 0.503. The lowest BCUT2D eigenvalue weighted by atomic mass is 10.7. The number of hydrogen-bond acceptors (Lipinski definition) is 5. The molecule has 0 bridgehead atoms. The third-order valence-electron chi connectivity index (χ3n) is 1.32. The van der Waals surface area contributed by atoms with Gasteiger partial charge in [-0.15, -0.1) is 0 Å². The van der Waals surface area contributed by atoms with Gasteiger partial charge in [0.2, 0.25) is 0 Å². The Bertz CT molecular complexity index is 393. The Kier molecular flexibility index (Phi) is 4.15. The van der Waals surface area contributed by atoms with Gasteiger partial charge in [-0.1, -0.05) is 11.8 Å². The van der Waals surface area contributed by atoms with Gasteiger partial charge in [0.25, 0.3) is 5.56 Å². The number of carbonyl (C=O) groups excluding carboxylic acids is 1. The van der Waals surface area contributed by atoms with E-state index in [0.717, 1.165) is 11.8 Å². The Morgan fingerprint density at radius 3 is 3.14 bits per heavy atom. The molecule has 0 aromatic carbocycles. The predicted molar refractivity (Wildman–Crippen MR) is 55.3 cm³/mol. The van der Waals surface area contributed by atoms with Gasteiger partial charge in [0.15, 0.2) is 0 Å². The molecule has 0 saturated carbocycles. The fourth-order valence-corrected chi connectivity index (χ4v) is 1.93. The van der Waals surface area contributed by atoms with E-state index < -0.39 is 0 Å². The summed E-state index contributed by atoms with van der Waals surface area (Å²) in [5.41, 5.74) is -0.271. The fraction of sp³-hybridized carbons (Fsp3) is 0.286. The van der Waals surface area contributed by atoms with E-state index in [2.05, 4.69) is 30.6 Å². The molecule has 0 fully saturated rings. The van der Waals surface area contributed by atoms with Crippen LogP contribution in [0.3, 0.4) is 0 Å². The average molecular weight is 279 g/mol. The Labute approximate surface area is 92.4 Å². The molecule has 0 radical (unpaired) electrons. The van der Waals surface area contributed by atoms with Crippen LogP contribution in [-0.2, 0) is 9.53 Å². The maximum Gasteiger partial charge on any atom is 0.316 e. The molecule has 14 heavy (non-hydrogen) atoms. The molecule has 1 heterocycles. The van der Waals surface area contributed by atoms with Gasteiger partial charge >= 0.3 is 5.97 Å². The van der Waals surface area contributed by atoms with Crippen molar-refractivity contribution < 1.29 is 9.53 Å². The molecule has 0 aliphatic rings. The molecule has 0 aliphatic carbocycles. The molecule has 76 valence electrons. The predicted octanol–water partition coefficient (Wildman–Crippen LogP) is 0.797. The fourth-order valence-electron chi connectivity index (χ4n) is 0.654. The molecule has 1 aromatic heterocycles. The largest absolute Gasteiger partial charge is 0.468 e. The highest BCUT2D eigenvalue weighted by Gasteiger charge is 2.08. The van der Waals surface area contributed by atoms with Crippen molar-refractivity contribution >= 4 is 33.7 Å². The highest BCUT2D eigenvalue weighted by Crippen LogP contribution is 2.20. The van der Waals surface area contributed by atoms with Crippen molar-refractivity contribution in [2.75, 3.05) is 12.9 Å². The lowest BCUT2D eigenvalue weighted by Crippen LogP contribution is -2.09. The molecule has 1 N–H and O–H groups in total. The zero-order chi connectivity index (χ0) is 10.6. The van der Waals surface area contributed by atoms with Crippen LogP contribution in [0.2, 0.25) is 0 Å². The first-order chi connectivity index (χ1) is 6.65. The smallest absolute Gasteiger partial charge is 0.316 e. The molecule has 0 unspecified atom stereocenters. The van der Waals surface area contributed by atoms with Crippen LogP contribution in [0.4, 0.5) is 0 Å². The van der Waals surface area contributed by atoms with Gasteiger partial charge in [0.05, 0.1) is 19.2 Å². The first-order valence-corrected chi connectivity index (χ1v) is 5.36. The van der Waals surface area contributed by atoms with E-state index in [4.69, 9.17) is 0 Å². The van der Waals surface area contributed by atoms with Crippen LogP contribution in [0.5, 0.6) is 0 Å². The van der Waals surface area contributed by atoms with Crippen LogP contribution in [0.1, 0.15) is 0 Å². The molecule has 0 aliphatic heterocycles. The summed E-state index contributed by atoms with van der Waals surface area (Å²) in [5, 5.41) is 0.471. The number of hydrogen-bond donors (Lipinski definition) is 1. The van der Waals surface area contributed by atoms with Crippen LogP contribution in [0.15, 0.2) is 20.6 Å². The zero-order valence-corrected chi connectivity index (χ0v) is 9.65. The monoisotopic (exact) mass is 278 g/mol. The van der Waals surface area contributed by atoms with E-state index in [1.54, 1.807) is 0 Å². The van der Waals surface area contributed by atoms with Gasteiger partial charge in [-0.3, -0.25) is 9.59 Å². The van der Waals surface area contributed by atoms with Crippen molar-refractivity contribution in [3.63, 3.8) is 0 Å². The molecule has 0 atom stereocenters. The van der Waals surface area contributed by atoms with Gasteiger partial charge in [-0.25, -0.2) is 4.98 Å². The van der Waals surface area contributed by atoms with Crippen LogP contribution >= 0.6 is 27.7 Å². The number of nitrogens with one attached hydrogen (secondary N) is 1. The molecule has 0 spiro atoms. The summed E-state index contributed by atoms with van der Waals surface area (Å²) in [5.74, 6) is -0.227. The molecule has 5 nitrogen and oxygen atoms in total. The van der Waals surface area contributed by atoms with Crippen molar-refractivity contribution in [2.24, 2.45) is 0 Å². The van der Waals surface area contributed by atoms with Crippen LogP contribution in [0.25, 0.3) is 0 Å². The summed E-state index contributed by atoms with van der Waals surface area (Å²) in [4.78, 5) is 28.2. The van der Waals surface area contributed by atoms with E-state index in [1.807, 2.05) is 0 Å². The number of rotatable bonds is 3. The SMILES string of the molecule is COC(=O)CSc1nc[nH]c(=O)c1Br. The lowest BCUT2D eigenvalue weighted by Gasteiger charge is -2.00. The first kappa shape index (κ1) is 11.3. The number of ether oxygens (including phenoxy) is 1. The second-order valence-electron chi connectivity index (χ2n) is 2.22. The van der Waals surface area contributed by atoms with Crippen molar-refractivity contribution in [2.45, 2.75) is 5.03 Å². The third kappa shape index (κ3) is 2.85. The topological polar surface area (TPSA) is 72.0 Å². The Balaban J connectivity index is 2.73. The summed E-state index contributed by atoms with van der Waals surface area (Å²) in [6, 6.07) is 0. The van der Waals surface area contributed by atoms with Crippen molar-refractivity contribution in [1.29, 1.82) is 0 Å². The van der Waals surface area contributed by atoms with Gasteiger partial charge in [-0.2, -0.15) is 0 Å². The van der Waals surface area contributed by atoms with Gasteiger partial charge in [0, 0.05) is 0 Å². The summed E-state index contributed by atoms with van der Waals surface area (Å²) >= 11 is 4.21. The number of methoxy groups -OCH3 is 1. The zero-order valence-electron chi connectivity index (χ0n) is 7.24. The van der Waals surface area contributed by atoms with Crippen LogP contribution in [-0.4, -0.2) is 28.8 Å². The molecular formula is C7H7BrN2O3S. The average Bonchev–Trinajstić information content (AvgIpc) is 2.20. The number of aromatic nitrogens is 2. The van der Waals surface area contributed by atoms with Crippen LogP contribution < -0.4 is 5.56 Å². The lowest BCUT2D eigenvalue weighted by molar-refractivity contribution is -0.137. The molecule has 1 aromatic rings. The van der Waals surface area contributed by atoms with E-state index in [1.165, 1.54) is 13.4 Å². The molecule has 1 rings (SSSR count). The maximum absolute atomic E-state index is 11.1. The highest BCUT2D eigenvalue weighted by molar-refractivity contribution is 9.10. The molecular weight excluding hydrogens is 272 g/mol. The standard InChI is InChI=1S/C7H7BrN2O3S/c1-13-4(11)2-14-7-5(8)6(12)9-3-10-7/h3H,2H2,1H3,(H,9,10,12). The number of nitrogens with zero attached hydrogens (tertiary/aromatic N) is 1. The Hall–Kier alpha value is -0.820. The van der Waals surface area contributed by atoms with E-state index in [-0.39, 0.29) is 17.3 Å². The number of H-pyrrole nitrogens is 1. The number of carbonyl (C=O) groups is 1. The normalized spacial score (nSPS) is 9.86. The third-order valence-corrected chi connectivity index (χ3v) is 3.28. The van der Waals surface area contributed by atoms with Crippen molar-refractivity contribution in [1.82, 2.24) is 9.97 Å². The Morgan fingerprint density at radius 1 is 1.79 bits per heavy atom. The summed E-state index contributed by atoms with van der Waals surface area (Å²) in [7, 11) is 1.31. The summed E-state index contributed by atoms with van der Waals surface area (Å²) < 4.78 is 4.78. The molecule has 0 amide bonds. The summed E-state index contributed by atoms with van der Waals surface area (Å²) in [6.45, 7) is 0. The minimum Gasteiger partial charge on any atom is -0.468 e. The first-order valence-electron chi connectivity index (χ1n) is 3.58. The van der Waals surface area contributed by atoms with Gasteiger partial charge in [0.1, 0.15) is 9.50 Å². The van der Waals surface area contributed by atoms with E-state index >= 15 is 0 Å². The molecule has 0 saturated heterocycles. The minimum atomic E-state index is -0.357. The summed E-state index contributed by atoms with van der Waals surface area (Å²) in [6.07, 6.45) is 1.28. The van der Waals surface area contributed by atoms with E-state index in [0.29, 0.717) is 9.50 Å². The number of halogens is 1. The molecule has 7 heteroatoms. The number of esters is 1. The highest BCUT2D eigenvalue weighted by atomic mass is 79.9. The van der Waals surface area contributed by atoms with Crippen molar-refractivity contribution in [3.8, 4) is 0 Å². The van der Waals surface area contributed by atoms with Crippen LogP contribution in [0, 0.1) is 0 Å². The maximum atomic E-state index is 11.1. The second-order valence-corrected chi connectivity index (χ2v) is 3.97. The van der Waals surface area contributed by atoms with E-state index in [9.17, 15) is 9.59 Å². The number of aromatic amines is 1.